The first kappa shape index (κ1) is 38.3. The summed E-state index contributed by atoms with van der Waals surface area (Å²) in [5.74, 6) is 2.07. The van der Waals surface area contributed by atoms with E-state index in [9.17, 15) is 0 Å². The topological polar surface area (TPSA) is 44.9 Å². The molecular weight excluding hydrogens is 832 g/mol. The van der Waals surface area contributed by atoms with E-state index in [0.717, 1.165) is 70.1 Å². The average molecular weight is 882 g/mol. The molecule has 0 aliphatic heterocycles. The fourth-order valence-corrected chi connectivity index (χ4v) is 7.88. The smallest absolute Gasteiger partial charge is 0.509 e. The van der Waals surface area contributed by atoms with E-state index in [-0.39, 0.29) is 31.9 Å². The first-order valence-electron chi connectivity index (χ1n) is 18.7. The number of hydrogen-bond donors (Lipinski definition) is 0. The SMILES string of the molecule is CCCc1cc(CCC)c(C(C)(C)C)c(-c2cnn(-c3[c-]c(Oc4[c-]c5c(cc4)c4ccccc4n5-c4cc(C)ccn4)ccc3)c2)c1C(C)(C)C.[Pt+2]. The third kappa shape index (κ3) is 7.51. The number of para-hydroxylation sites is 1. The summed E-state index contributed by atoms with van der Waals surface area (Å²) in [4.78, 5) is 4.72. The van der Waals surface area contributed by atoms with Gasteiger partial charge in [-0.05, 0) is 93.2 Å². The summed E-state index contributed by atoms with van der Waals surface area (Å²) in [6, 6.07) is 32.2. The Hall–Kier alpha value is -4.47. The molecule has 274 valence electrons. The molecule has 0 aliphatic rings. The Balaban J connectivity index is 0.00000481. The molecule has 6 heteroatoms. The van der Waals surface area contributed by atoms with E-state index in [1.807, 2.05) is 47.4 Å². The van der Waals surface area contributed by atoms with Crippen molar-refractivity contribution in [1.29, 1.82) is 0 Å². The van der Waals surface area contributed by atoms with Gasteiger partial charge in [-0.1, -0.05) is 98.0 Å². The molecule has 3 aromatic heterocycles. The van der Waals surface area contributed by atoms with Crippen molar-refractivity contribution in [1.82, 2.24) is 19.3 Å². The van der Waals surface area contributed by atoms with Gasteiger partial charge >= 0.3 is 21.1 Å². The van der Waals surface area contributed by atoms with Crippen molar-refractivity contribution in [3.63, 3.8) is 0 Å². The molecule has 4 aromatic carbocycles. The van der Waals surface area contributed by atoms with Gasteiger partial charge in [0.15, 0.2) is 0 Å². The van der Waals surface area contributed by atoms with Crippen LogP contribution in [0.5, 0.6) is 11.5 Å². The molecule has 0 radical (unpaired) electrons. The minimum absolute atomic E-state index is 0. The van der Waals surface area contributed by atoms with Gasteiger partial charge in [-0.25, -0.2) is 4.98 Å². The molecule has 53 heavy (non-hydrogen) atoms. The Morgan fingerprint density at radius 3 is 2.08 bits per heavy atom. The van der Waals surface area contributed by atoms with Crippen LogP contribution in [0.25, 0.3) is 44.4 Å². The molecule has 3 heterocycles. The zero-order chi connectivity index (χ0) is 36.8. The Morgan fingerprint density at radius 1 is 0.736 bits per heavy atom. The van der Waals surface area contributed by atoms with Crippen LogP contribution < -0.4 is 4.74 Å². The first-order chi connectivity index (χ1) is 24.9. The molecule has 0 fully saturated rings. The van der Waals surface area contributed by atoms with Gasteiger partial charge in [0, 0.05) is 35.0 Å². The second kappa shape index (κ2) is 15.1. The number of benzene rings is 4. The minimum Gasteiger partial charge on any atom is -0.509 e. The molecule has 5 nitrogen and oxygen atoms in total. The second-order valence-corrected chi connectivity index (χ2v) is 16.1. The predicted molar refractivity (Wildman–Crippen MR) is 215 cm³/mol. The van der Waals surface area contributed by atoms with E-state index in [4.69, 9.17) is 14.8 Å². The summed E-state index contributed by atoms with van der Waals surface area (Å²) < 4.78 is 10.6. The van der Waals surface area contributed by atoms with Crippen molar-refractivity contribution < 1.29 is 25.8 Å². The van der Waals surface area contributed by atoms with Crippen LogP contribution >= 0.6 is 0 Å². The maximum absolute atomic E-state index is 6.48. The maximum atomic E-state index is 6.48. The largest absolute Gasteiger partial charge is 2.00 e. The van der Waals surface area contributed by atoms with E-state index in [1.54, 1.807) is 0 Å². The third-order valence-corrected chi connectivity index (χ3v) is 9.81. The number of aromatic nitrogens is 4. The van der Waals surface area contributed by atoms with Gasteiger partial charge in [0.05, 0.1) is 6.20 Å². The maximum Gasteiger partial charge on any atom is 2.00 e. The third-order valence-electron chi connectivity index (χ3n) is 9.81. The first-order valence-corrected chi connectivity index (χ1v) is 18.7. The molecule has 0 atom stereocenters. The Kier molecular flexibility index (Phi) is 10.9. The normalized spacial score (nSPS) is 12.0. The summed E-state index contributed by atoms with van der Waals surface area (Å²) in [6.07, 6.45) is 10.4. The van der Waals surface area contributed by atoms with Gasteiger partial charge < -0.3 is 9.30 Å². The molecule has 0 amide bonds. The predicted octanol–water partition coefficient (Wildman–Crippen LogP) is 12.2. The van der Waals surface area contributed by atoms with Crippen molar-refractivity contribution in [2.24, 2.45) is 0 Å². The van der Waals surface area contributed by atoms with Crippen LogP contribution in [0, 0.1) is 19.1 Å². The van der Waals surface area contributed by atoms with Gasteiger partial charge in [-0.15, -0.1) is 35.7 Å². The quantitative estimate of drug-likeness (QED) is 0.136. The number of rotatable bonds is 9. The van der Waals surface area contributed by atoms with Crippen molar-refractivity contribution in [3.8, 4) is 34.1 Å². The monoisotopic (exact) mass is 881 g/mol. The van der Waals surface area contributed by atoms with Gasteiger partial charge in [0.2, 0.25) is 0 Å². The van der Waals surface area contributed by atoms with Crippen LogP contribution in [0.3, 0.4) is 0 Å². The Morgan fingerprint density at radius 2 is 1.42 bits per heavy atom. The molecule has 0 bridgehead atoms. The van der Waals surface area contributed by atoms with Gasteiger partial charge in [-0.3, -0.25) is 4.68 Å². The zero-order valence-corrected chi connectivity index (χ0v) is 34.8. The van der Waals surface area contributed by atoms with Crippen LogP contribution in [0.2, 0.25) is 0 Å². The van der Waals surface area contributed by atoms with Crippen molar-refractivity contribution >= 4 is 21.8 Å². The number of fused-ring (bicyclic) bond motifs is 3. The molecular formula is C47H50N4OPt. The van der Waals surface area contributed by atoms with Crippen molar-refractivity contribution in [3.05, 3.63) is 131 Å². The van der Waals surface area contributed by atoms with Gasteiger partial charge in [-0.2, -0.15) is 17.2 Å². The number of nitrogens with zero attached hydrogens (tertiary/aromatic N) is 4. The van der Waals surface area contributed by atoms with E-state index in [2.05, 4.69) is 128 Å². The fourth-order valence-electron chi connectivity index (χ4n) is 7.88. The van der Waals surface area contributed by atoms with Crippen LogP contribution in [0.1, 0.15) is 96.0 Å². The van der Waals surface area contributed by atoms with Crippen LogP contribution in [0.4, 0.5) is 0 Å². The molecule has 0 aliphatic carbocycles. The molecule has 7 rings (SSSR count). The summed E-state index contributed by atoms with van der Waals surface area (Å²) in [5.41, 5.74) is 12.2. The van der Waals surface area contributed by atoms with E-state index >= 15 is 0 Å². The van der Waals surface area contributed by atoms with E-state index < -0.39 is 0 Å². The van der Waals surface area contributed by atoms with E-state index in [0.29, 0.717) is 11.5 Å². The van der Waals surface area contributed by atoms with Gasteiger partial charge in [0.25, 0.3) is 0 Å². The Labute approximate surface area is 329 Å². The molecule has 0 spiro atoms. The molecule has 0 saturated heterocycles. The zero-order valence-electron chi connectivity index (χ0n) is 32.5. The summed E-state index contributed by atoms with van der Waals surface area (Å²) in [6.45, 7) is 20.7. The van der Waals surface area contributed by atoms with Crippen LogP contribution in [-0.2, 0) is 44.7 Å². The molecule has 0 N–H and O–H groups in total. The number of hydrogen-bond acceptors (Lipinski definition) is 3. The summed E-state index contributed by atoms with van der Waals surface area (Å²) in [7, 11) is 0. The molecule has 0 saturated carbocycles. The van der Waals surface area contributed by atoms with Crippen LogP contribution in [-0.4, -0.2) is 19.3 Å². The standard InChI is InChI=1S/C47H50N4O.Pt/c1-10-15-32-26-33(16-11-2)45(47(7,8)9)43(44(32)46(4,5)6)34-29-49-50(30-34)35-17-14-18-36(27-35)52-37-21-22-39-38-19-12-13-20-40(38)51(41(39)28-37)42-25-31(3)23-24-48-42;/h12-14,17-26,29-30H,10-11,15-16H2,1-9H3;/q-2;+2. The van der Waals surface area contributed by atoms with Crippen molar-refractivity contribution in [2.45, 2.75) is 98.8 Å². The summed E-state index contributed by atoms with van der Waals surface area (Å²) >= 11 is 0. The molecule has 7 aromatic rings. The number of ether oxygens (including phenoxy) is 1. The minimum atomic E-state index is -0.0364. The average Bonchev–Trinajstić information content (AvgIpc) is 3.71. The van der Waals surface area contributed by atoms with Crippen LogP contribution in [0.15, 0.2) is 91.4 Å². The van der Waals surface area contributed by atoms with E-state index in [1.165, 1.54) is 27.8 Å². The van der Waals surface area contributed by atoms with Crippen molar-refractivity contribution in [2.75, 3.05) is 0 Å². The molecule has 0 unspecified atom stereocenters. The Bertz CT molecular complexity index is 2360. The fraction of sp³-hybridized carbons (Fsp3) is 0.319. The van der Waals surface area contributed by atoms with Gasteiger partial charge in [0.1, 0.15) is 5.82 Å². The summed E-state index contributed by atoms with van der Waals surface area (Å²) in [5, 5.41) is 7.19. The second-order valence-electron chi connectivity index (χ2n) is 16.1. The number of aryl methyl sites for hydroxylation is 3. The number of pyridine rings is 1.